The van der Waals surface area contributed by atoms with Crippen molar-refractivity contribution in [2.45, 2.75) is 6.92 Å². The van der Waals surface area contributed by atoms with E-state index < -0.39 is 10.0 Å². The number of fused-ring (bicyclic) bond motifs is 6. The van der Waals surface area contributed by atoms with Gasteiger partial charge in [0.15, 0.2) is 0 Å². The number of halogens is 1. The Morgan fingerprint density at radius 2 is 1.75 bits per heavy atom. The number of amides is 1. The number of aryl methyl sites for hydroxylation is 1. The van der Waals surface area contributed by atoms with Crippen LogP contribution < -0.4 is 9.62 Å². The predicted molar refractivity (Wildman–Crippen MR) is 170 cm³/mol. The highest BCUT2D eigenvalue weighted by atomic mass is 32.2. The van der Waals surface area contributed by atoms with Gasteiger partial charge in [0.25, 0.3) is 5.91 Å². The summed E-state index contributed by atoms with van der Waals surface area (Å²) in [5.74, 6) is -0.334. The van der Waals surface area contributed by atoms with Crippen LogP contribution in [0.4, 0.5) is 10.1 Å². The molecular formula is C33H26FN5O4S. The van der Waals surface area contributed by atoms with Gasteiger partial charge in [-0.2, -0.15) is 0 Å². The molecule has 11 heteroatoms. The molecule has 0 aliphatic heterocycles. The number of pyridine rings is 1. The third-order valence-corrected chi connectivity index (χ3v) is 9.18. The molecule has 1 N–H and O–H groups in total. The minimum atomic E-state index is -3.71. The molecule has 4 aromatic heterocycles. The second kappa shape index (κ2) is 9.88. The molecule has 0 atom stereocenters. The van der Waals surface area contributed by atoms with Crippen molar-refractivity contribution in [1.82, 2.24) is 19.7 Å². The molecule has 0 fully saturated rings. The molecule has 0 saturated carbocycles. The number of anilines is 1. The molecule has 0 unspecified atom stereocenters. The Bertz CT molecular complexity index is 2410. The van der Waals surface area contributed by atoms with E-state index in [1.54, 1.807) is 49.9 Å². The van der Waals surface area contributed by atoms with Gasteiger partial charge in [0, 0.05) is 47.4 Å². The van der Waals surface area contributed by atoms with Gasteiger partial charge in [0.1, 0.15) is 23.5 Å². The van der Waals surface area contributed by atoms with Crippen molar-refractivity contribution in [3.8, 4) is 22.6 Å². The van der Waals surface area contributed by atoms with Crippen molar-refractivity contribution in [2.75, 3.05) is 24.7 Å². The lowest BCUT2D eigenvalue weighted by Gasteiger charge is -2.20. The number of sulfonamides is 1. The van der Waals surface area contributed by atoms with Crippen LogP contribution in [0, 0.1) is 12.7 Å². The number of furan rings is 1. The molecule has 0 saturated heterocycles. The van der Waals surface area contributed by atoms with Crippen molar-refractivity contribution in [2.24, 2.45) is 0 Å². The van der Waals surface area contributed by atoms with E-state index in [1.807, 2.05) is 41.7 Å². The number of aromatic nitrogens is 3. The molecule has 3 aromatic carbocycles. The molecule has 9 nitrogen and oxygen atoms in total. The van der Waals surface area contributed by atoms with Gasteiger partial charge in [-0.25, -0.2) is 17.8 Å². The van der Waals surface area contributed by atoms with Crippen LogP contribution in [0.2, 0.25) is 0 Å². The van der Waals surface area contributed by atoms with E-state index in [-0.39, 0.29) is 11.7 Å². The standard InChI is InChI=1S/C33H26FN5O4S/c1-18-8-10-19(11-9-18)32-31(33(40)35-2)23-12-21(28(15-30(23)43-32)38(3)44(4,41)42)25-13-22-26(16-36-25)37-17-39-27-7-5-6-24(34)20(27)14-29(22)39/h5-17H,1-4H3,(H,35,40). The average Bonchev–Trinajstić information content (AvgIpc) is 3.59. The van der Waals surface area contributed by atoms with E-state index in [4.69, 9.17) is 4.42 Å². The molecule has 1 amide bonds. The van der Waals surface area contributed by atoms with Crippen LogP contribution in [0.25, 0.3) is 60.9 Å². The van der Waals surface area contributed by atoms with Crippen LogP contribution in [0.3, 0.4) is 0 Å². The Morgan fingerprint density at radius 3 is 2.48 bits per heavy atom. The summed E-state index contributed by atoms with van der Waals surface area (Å²) in [6.45, 7) is 1.97. The van der Waals surface area contributed by atoms with Crippen LogP contribution >= 0.6 is 0 Å². The maximum Gasteiger partial charge on any atom is 0.255 e. The van der Waals surface area contributed by atoms with Gasteiger partial charge in [-0.05, 0) is 37.3 Å². The number of nitrogens with zero attached hydrogens (tertiary/aromatic N) is 4. The SMILES string of the molecule is CNC(=O)c1c(-c2ccc(C)cc2)oc2cc(N(C)S(C)(=O)=O)c(-c3cc4c(cn3)ncn3c5cccc(F)c5cc43)cc12. The zero-order chi connectivity index (χ0) is 30.9. The van der Waals surface area contributed by atoms with Crippen molar-refractivity contribution < 1.29 is 22.0 Å². The molecule has 0 spiro atoms. The number of benzene rings is 3. The first kappa shape index (κ1) is 27.5. The summed E-state index contributed by atoms with van der Waals surface area (Å²) in [6.07, 6.45) is 4.34. The Balaban J connectivity index is 1.54. The van der Waals surface area contributed by atoms with Gasteiger partial charge < -0.3 is 9.73 Å². The molecule has 0 aliphatic carbocycles. The molecule has 44 heavy (non-hydrogen) atoms. The van der Waals surface area contributed by atoms with Crippen molar-refractivity contribution in [3.63, 3.8) is 0 Å². The Labute approximate surface area is 251 Å². The first-order chi connectivity index (χ1) is 21.0. The van der Waals surface area contributed by atoms with Crippen LogP contribution in [-0.2, 0) is 10.0 Å². The van der Waals surface area contributed by atoms with Gasteiger partial charge in [0.05, 0.1) is 45.9 Å². The minimum Gasteiger partial charge on any atom is -0.455 e. The number of nitrogens with one attached hydrogen (secondary N) is 1. The second-order valence-electron chi connectivity index (χ2n) is 10.8. The molecule has 0 aliphatic rings. The third-order valence-electron chi connectivity index (χ3n) is 7.99. The van der Waals surface area contributed by atoms with Crippen LogP contribution in [-0.4, -0.2) is 49.0 Å². The summed E-state index contributed by atoms with van der Waals surface area (Å²) < 4.78 is 49.5. The summed E-state index contributed by atoms with van der Waals surface area (Å²) >= 11 is 0. The van der Waals surface area contributed by atoms with Crippen molar-refractivity contribution >= 4 is 59.9 Å². The van der Waals surface area contributed by atoms with Gasteiger partial charge >= 0.3 is 0 Å². The largest absolute Gasteiger partial charge is 0.455 e. The molecule has 4 heterocycles. The van der Waals surface area contributed by atoms with Gasteiger partial charge in [0.2, 0.25) is 10.0 Å². The van der Waals surface area contributed by atoms with E-state index in [1.165, 1.54) is 13.1 Å². The monoisotopic (exact) mass is 607 g/mol. The zero-order valence-corrected chi connectivity index (χ0v) is 25.0. The zero-order valence-electron chi connectivity index (χ0n) is 24.2. The molecular weight excluding hydrogens is 581 g/mol. The van der Waals surface area contributed by atoms with Crippen LogP contribution in [0.1, 0.15) is 15.9 Å². The number of carbonyl (C=O) groups excluding carboxylic acids is 1. The third kappa shape index (κ3) is 4.27. The average molecular weight is 608 g/mol. The fourth-order valence-corrected chi connectivity index (χ4v) is 6.11. The van der Waals surface area contributed by atoms with Crippen molar-refractivity contribution in [3.05, 3.63) is 96.2 Å². The minimum absolute atomic E-state index is 0.311. The lowest BCUT2D eigenvalue weighted by molar-refractivity contribution is 0.0964. The maximum absolute atomic E-state index is 14.7. The van der Waals surface area contributed by atoms with Crippen LogP contribution in [0.5, 0.6) is 0 Å². The molecule has 0 radical (unpaired) electrons. The fraction of sp³-hybridized carbons (Fsp3) is 0.121. The number of hydrogen-bond acceptors (Lipinski definition) is 6. The highest BCUT2D eigenvalue weighted by Gasteiger charge is 2.26. The van der Waals surface area contributed by atoms with E-state index in [2.05, 4.69) is 15.3 Å². The number of rotatable bonds is 5. The van der Waals surface area contributed by atoms with E-state index >= 15 is 0 Å². The second-order valence-corrected chi connectivity index (χ2v) is 12.8. The number of hydrogen-bond donors (Lipinski definition) is 1. The van der Waals surface area contributed by atoms with E-state index in [9.17, 15) is 17.6 Å². The van der Waals surface area contributed by atoms with Gasteiger partial charge in [-0.1, -0.05) is 35.9 Å². The highest BCUT2D eigenvalue weighted by Crippen LogP contribution is 2.41. The molecule has 0 bridgehead atoms. The predicted octanol–water partition coefficient (Wildman–Crippen LogP) is 6.32. The summed E-state index contributed by atoms with van der Waals surface area (Å²) in [6, 6.07) is 19.4. The van der Waals surface area contributed by atoms with Crippen LogP contribution in [0.15, 0.2) is 83.7 Å². The lowest BCUT2D eigenvalue weighted by Crippen LogP contribution is -2.25. The van der Waals surface area contributed by atoms with Crippen molar-refractivity contribution in [1.29, 1.82) is 0 Å². The molecule has 7 aromatic rings. The topological polar surface area (TPSA) is 110 Å². The summed E-state index contributed by atoms with van der Waals surface area (Å²) in [7, 11) is -0.716. The summed E-state index contributed by atoms with van der Waals surface area (Å²) in [4.78, 5) is 22.5. The molecule has 220 valence electrons. The quantitative estimate of drug-likeness (QED) is 0.245. The maximum atomic E-state index is 14.7. The normalized spacial score (nSPS) is 12.0. The number of carbonyl (C=O) groups is 1. The lowest BCUT2D eigenvalue weighted by atomic mass is 10.00. The Kier molecular flexibility index (Phi) is 6.19. The first-order valence-electron chi connectivity index (χ1n) is 13.7. The fourth-order valence-electron chi connectivity index (χ4n) is 5.61. The highest BCUT2D eigenvalue weighted by molar-refractivity contribution is 7.92. The van der Waals surface area contributed by atoms with Gasteiger partial charge in [-0.3, -0.25) is 18.5 Å². The molecule has 7 rings (SSSR count). The summed E-state index contributed by atoms with van der Waals surface area (Å²) in [5.41, 5.74) is 5.59. The smallest absolute Gasteiger partial charge is 0.255 e. The van der Waals surface area contributed by atoms with E-state index in [0.29, 0.717) is 72.1 Å². The Hall–Kier alpha value is -5.29. The first-order valence-corrected chi connectivity index (χ1v) is 15.6. The summed E-state index contributed by atoms with van der Waals surface area (Å²) in [5, 5.41) is 4.35. The van der Waals surface area contributed by atoms with Gasteiger partial charge in [-0.15, -0.1) is 0 Å². The Morgan fingerprint density at radius 1 is 0.977 bits per heavy atom. The van der Waals surface area contributed by atoms with E-state index in [0.717, 1.165) is 16.1 Å².